The Hall–Kier alpha value is -3.70. The smallest absolute Gasteiger partial charge is 0.276 e. The summed E-state index contributed by atoms with van der Waals surface area (Å²) in [5, 5.41) is 9.90. The molecule has 0 atom stereocenters. The summed E-state index contributed by atoms with van der Waals surface area (Å²) in [7, 11) is -7.99. The van der Waals surface area contributed by atoms with Crippen LogP contribution in [0.4, 0.5) is 11.4 Å². The number of nitrogens with zero attached hydrogens (tertiary/aromatic N) is 1. The van der Waals surface area contributed by atoms with Crippen molar-refractivity contribution in [3.05, 3.63) is 78.5 Å². The molecule has 1 heterocycles. The van der Waals surface area contributed by atoms with Gasteiger partial charge in [0.25, 0.3) is 15.9 Å². The number of anilines is 2. The van der Waals surface area contributed by atoms with Crippen LogP contribution in [0.2, 0.25) is 0 Å². The van der Waals surface area contributed by atoms with E-state index in [2.05, 4.69) is 20.2 Å². The first kappa shape index (κ1) is 21.5. The predicted octanol–water partition coefficient (Wildman–Crippen LogP) is 3.02. The number of rotatable bonds is 6. The number of benzene rings is 3. The van der Waals surface area contributed by atoms with E-state index in [0.717, 1.165) is 6.26 Å². The van der Waals surface area contributed by atoms with Gasteiger partial charge in [0.15, 0.2) is 15.5 Å². The molecule has 0 bridgehead atoms. The highest BCUT2D eigenvalue weighted by atomic mass is 32.2. The maximum absolute atomic E-state index is 12.9. The number of sulfone groups is 1. The quantitative estimate of drug-likeness (QED) is 0.396. The third-order valence-corrected chi connectivity index (χ3v) is 7.32. The lowest BCUT2D eigenvalue weighted by Gasteiger charge is -2.11. The Kier molecular flexibility index (Phi) is 5.45. The summed E-state index contributed by atoms with van der Waals surface area (Å²) >= 11 is 0. The summed E-state index contributed by atoms with van der Waals surface area (Å²) in [6.45, 7) is 0. The number of fused-ring (bicyclic) bond motifs is 1. The topological polar surface area (TPSA) is 138 Å². The molecule has 11 heteroatoms. The molecule has 0 aliphatic rings. The van der Waals surface area contributed by atoms with Crippen LogP contribution < -0.4 is 10.0 Å². The molecule has 0 unspecified atom stereocenters. The third kappa shape index (κ3) is 4.34. The number of nitrogens with one attached hydrogen (secondary N) is 3. The Bertz CT molecular complexity index is 1530. The van der Waals surface area contributed by atoms with Gasteiger partial charge in [0, 0.05) is 23.0 Å². The number of carbonyl (C=O) groups is 1. The molecule has 3 N–H and O–H groups in total. The van der Waals surface area contributed by atoms with Crippen molar-refractivity contribution in [2.24, 2.45) is 0 Å². The van der Waals surface area contributed by atoms with E-state index in [1.165, 1.54) is 36.4 Å². The van der Waals surface area contributed by atoms with E-state index < -0.39 is 25.8 Å². The van der Waals surface area contributed by atoms with Crippen molar-refractivity contribution in [2.75, 3.05) is 16.3 Å². The molecular formula is C21H18N4O5S2. The fraction of sp³-hybridized carbons (Fsp3) is 0.0476. The highest BCUT2D eigenvalue weighted by Crippen LogP contribution is 2.26. The second-order valence-corrected chi connectivity index (χ2v) is 10.6. The van der Waals surface area contributed by atoms with Crippen molar-refractivity contribution in [3.63, 3.8) is 0 Å². The maximum Gasteiger partial charge on any atom is 0.276 e. The highest BCUT2D eigenvalue weighted by molar-refractivity contribution is 7.95. The molecule has 32 heavy (non-hydrogen) atoms. The van der Waals surface area contributed by atoms with Crippen LogP contribution in [0.15, 0.2) is 82.6 Å². The van der Waals surface area contributed by atoms with Crippen LogP contribution in [0.3, 0.4) is 0 Å². The molecule has 4 aromatic rings. The van der Waals surface area contributed by atoms with Gasteiger partial charge in [-0.15, -0.1) is 0 Å². The minimum absolute atomic E-state index is 0.0847. The van der Waals surface area contributed by atoms with E-state index >= 15 is 0 Å². The van der Waals surface area contributed by atoms with E-state index in [1.54, 1.807) is 30.3 Å². The van der Waals surface area contributed by atoms with Gasteiger partial charge in [-0.2, -0.15) is 5.10 Å². The normalized spacial score (nSPS) is 11.9. The van der Waals surface area contributed by atoms with Gasteiger partial charge in [0.05, 0.1) is 10.4 Å². The van der Waals surface area contributed by atoms with Gasteiger partial charge in [0.1, 0.15) is 4.90 Å². The lowest BCUT2D eigenvalue weighted by atomic mass is 10.2. The van der Waals surface area contributed by atoms with Crippen LogP contribution in [0.1, 0.15) is 10.5 Å². The van der Waals surface area contributed by atoms with Crippen molar-refractivity contribution < 1.29 is 21.6 Å². The van der Waals surface area contributed by atoms with Gasteiger partial charge < -0.3 is 5.32 Å². The molecule has 1 amide bonds. The second-order valence-electron chi connectivity index (χ2n) is 6.98. The number of carbonyl (C=O) groups excluding carboxylic acids is 1. The fourth-order valence-electron chi connectivity index (χ4n) is 3.15. The second kappa shape index (κ2) is 8.09. The first-order valence-electron chi connectivity index (χ1n) is 9.31. The first-order chi connectivity index (χ1) is 15.1. The largest absolute Gasteiger partial charge is 0.321 e. The zero-order valence-electron chi connectivity index (χ0n) is 16.7. The van der Waals surface area contributed by atoms with Crippen LogP contribution in [0.5, 0.6) is 0 Å². The fourth-order valence-corrected chi connectivity index (χ4v) is 5.83. The molecule has 0 saturated heterocycles. The van der Waals surface area contributed by atoms with Gasteiger partial charge in [-0.1, -0.05) is 30.3 Å². The lowest BCUT2D eigenvalue weighted by molar-refractivity contribution is 0.102. The number of aromatic amines is 1. The molecule has 164 valence electrons. The van der Waals surface area contributed by atoms with Crippen molar-refractivity contribution >= 4 is 48.0 Å². The van der Waals surface area contributed by atoms with E-state index in [9.17, 15) is 21.6 Å². The van der Waals surface area contributed by atoms with Crippen molar-refractivity contribution in [1.29, 1.82) is 0 Å². The van der Waals surface area contributed by atoms with E-state index in [1.807, 2.05) is 6.07 Å². The van der Waals surface area contributed by atoms with Gasteiger partial charge in [-0.25, -0.2) is 16.8 Å². The molecule has 0 aliphatic heterocycles. The van der Waals surface area contributed by atoms with Crippen LogP contribution in [-0.2, 0) is 19.9 Å². The van der Waals surface area contributed by atoms with Crippen LogP contribution >= 0.6 is 0 Å². The highest BCUT2D eigenvalue weighted by Gasteiger charge is 2.24. The molecular weight excluding hydrogens is 452 g/mol. The van der Waals surface area contributed by atoms with Gasteiger partial charge in [-0.3, -0.25) is 14.6 Å². The Labute approximate surface area is 184 Å². The Morgan fingerprint density at radius 1 is 0.844 bits per heavy atom. The van der Waals surface area contributed by atoms with Crippen LogP contribution in [0, 0.1) is 0 Å². The molecule has 0 spiro atoms. The summed E-state index contributed by atoms with van der Waals surface area (Å²) in [6, 6.07) is 18.7. The summed E-state index contributed by atoms with van der Waals surface area (Å²) in [6.07, 6.45) is 0.941. The van der Waals surface area contributed by atoms with Crippen LogP contribution in [-0.4, -0.2) is 39.2 Å². The number of H-pyrrole nitrogens is 1. The Morgan fingerprint density at radius 2 is 1.50 bits per heavy atom. The molecule has 3 aromatic carbocycles. The van der Waals surface area contributed by atoms with E-state index in [4.69, 9.17) is 0 Å². The summed E-state index contributed by atoms with van der Waals surface area (Å²) in [5.74, 6) is -0.468. The number of para-hydroxylation sites is 1. The lowest BCUT2D eigenvalue weighted by Crippen LogP contribution is -2.16. The van der Waals surface area contributed by atoms with Crippen LogP contribution in [0.25, 0.3) is 10.9 Å². The Balaban J connectivity index is 1.68. The predicted molar refractivity (Wildman–Crippen MR) is 121 cm³/mol. The summed E-state index contributed by atoms with van der Waals surface area (Å²) in [5.41, 5.74) is 1.35. The van der Waals surface area contributed by atoms with Gasteiger partial charge in [-0.05, 0) is 42.5 Å². The summed E-state index contributed by atoms with van der Waals surface area (Å²) < 4.78 is 52.3. The molecule has 9 nitrogen and oxygen atoms in total. The third-order valence-electron chi connectivity index (χ3n) is 4.60. The molecule has 4 rings (SSSR count). The van der Waals surface area contributed by atoms with E-state index in [-0.39, 0.29) is 21.2 Å². The van der Waals surface area contributed by atoms with Gasteiger partial charge >= 0.3 is 0 Å². The first-order valence-corrected chi connectivity index (χ1v) is 12.7. The molecule has 0 radical (unpaired) electrons. The Morgan fingerprint density at radius 3 is 2.19 bits per heavy atom. The molecule has 0 fully saturated rings. The standard InChI is InChI=1S/C21H18N4O5S2/c1-31(27,28)18-9-5-6-10-19(18)32(29,30)25-15-11-12-17-16(13-15)20(24-23-17)21(26)22-14-7-3-2-4-8-14/h2-13,25H,1H3,(H,22,26)(H,23,24). The molecule has 0 aliphatic carbocycles. The van der Waals surface area contributed by atoms with Crippen molar-refractivity contribution in [2.45, 2.75) is 9.79 Å². The number of hydrogen-bond acceptors (Lipinski definition) is 6. The summed E-state index contributed by atoms with van der Waals surface area (Å²) in [4.78, 5) is 12.0. The van der Waals surface area contributed by atoms with Crippen molar-refractivity contribution in [3.8, 4) is 0 Å². The van der Waals surface area contributed by atoms with Crippen molar-refractivity contribution in [1.82, 2.24) is 10.2 Å². The zero-order chi connectivity index (χ0) is 22.9. The minimum atomic E-state index is -4.22. The number of hydrogen-bond donors (Lipinski definition) is 3. The zero-order valence-corrected chi connectivity index (χ0v) is 18.4. The number of sulfonamides is 1. The van der Waals surface area contributed by atoms with Gasteiger partial charge in [0.2, 0.25) is 0 Å². The molecule has 1 aromatic heterocycles. The monoisotopic (exact) mass is 470 g/mol. The average molecular weight is 471 g/mol. The number of amides is 1. The van der Waals surface area contributed by atoms with E-state index in [0.29, 0.717) is 16.6 Å². The minimum Gasteiger partial charge on any atom is -0.321 e. The number of aromatic nitrogens is 2. The SMILES string of the molecule is CS(=O)(=O)c1ccccc1S(=O)(=O)Nc1ccc2[nH]nc(C(=O)Nc3ccccc3)c2c1. The molecule has 0 saturated carbocycles. The average Bonchev–Trinajstić information content (AvgIpc) is 3.17. The maximum atomic E-state index is 12.9.